The Morgan fingerprint density at radius 3 is 2.64 bits per heavy atom. The van der Waals surface area contributed by atoms with Gasteiger partial charge >= 0.3 is 5.97 Å². The first-order chi connectivity index (χ1) is 17.1. The molecule has 0 bridgehead atoms. The minimum absolute atomic E-state index is 0.0786. The number of aromatic nitrogens is 2. The van der Waals surface area contributed by atoms with Gasteiger partial charge in [-0.2, -0.15) is 4.98 Å². The Hall–Kier alpha value is -3.23. The third kappa shape index (κ3) is 6.12. The molecule has 1 fully saturated rings. The minimum Gasteiger partial charge on any atom is -0.465 e. The molecule has 9 heteroatoms. The number of esters is 1. The van der Waals surface area contributed by atoms with Crippen molar-refractivity contribution in [2.24, 2.45) is 5.92 Å². The van der Waals surface area contributed by atoms with Crippen molar-refractivity contribution in [1.29, 1.82) is 0 Å². The first kappa shape index (κ1) is 25.9. The Morgan fingerprint density at radius 2 is 1.94 bits per heavy atom. The third-order valence-electron chi connectivity index (χ3n) is 6.35. The summed E-state index contributed by atoms with van der Waals surface area (Å²) in [5, 5.41) is 7.32. The van der Waals surface area contributed by atoms with Gasteiger partial charge in [0, 0.05) is 17.8 Å². The van der Waals surface area contributed by atoms with Crippen LogP contribution in [-0.2, 0) is 21.5 Å². The molecule has 4 rings (SSSR count). The number of carbonyl (C=O) groups excluding carboxylic acids is 2. The molecule has 1 amide bonds. The number of piperidine rings is 1. The molecule has 8 nitrogen and oxygen atoms in total. The number of benzene rings is 2. The van der Waals surface area contributed by atoms with E-state index in [1.807, 2.05) is 12.1 Å². The topological polar surface area (TPSA) is 97.6 Å². The van der Waals surface area contributed by atoms with Crippen LogP contribution in [0.3, 0.4) is 0 Å². The summed E-state index contributed by atoms with van der Waals surface area (Å²) < 4.78 is 10.3. The molecule has 0 spiro atoms. The third-order valence-corrected chi connectivity index (χ3v) is 6.68. The van der Waals surface area contributed by atoms with E-state index >= 15 is 0 Å². The first-order valence-corrected chi connectivity index (χ1v) is 12.4. The summed E-state index contributed by atoms with van der Waals surface area (Å²) in [4.78, 5) is 31.6. The summed E-state index contributed by atoms with van der Waals surface area (Å²) in [7, 11) is 1.29. The average molecular weight is 511 g/mol. The van der Waals surface area contributed by atoms with Crippen LogP contribution >= 0.6 is 11.6 Å². The second-order valence-electron chi connectivity index (χ2n) is 10.1. The highest BCUT2D eigenvalue weighted by molar-refractivity contribution is 6.33. The van der Waals surface area contributed by atoms with Crippen molar-refractivity contribution in [3.8, 4) is 11.4 Å². The maximum atomic E-state index is 12.9. The molecule has 2 heterocycles. The van der Waals surface area contributed by atoms with E-state index in [1.54, 1.807) is 12.1 Å². The number of carbonyl (C=O) groups is 2. The highest BCUT2D eigenvalue weighted by Crippen LogP contribution is 2.26. The number of amides is 1. The normalized spacial score (nSPS) is 16.5. The van der Waals surface area contributed by atoms with Gasteiger partial charge in [-0.05, 0) is 48.6 Å². The number of halogens is 1. The molecule has 0 radical (unpaired) electrons. The predicted molar refractivity (Wildman–Crippen MR) is 138 cm³/mol. The smallest absolute Gasteiger partial charge is 0.339 e. The SMILES string of the molecule is COC(=O)c1cc(NC(=O)C2CCCN(Cc3nc(-c4ccc(C(C)(C)C)cc4)no3)C2)ccc1Cl. The zero-order valence-electron chi connectivity index (χ0n) is 21.0. The van der Waals surface area contributed by atoms with E-state index in [4.69, 9.17) is 20.9 Å². The predicted octanol–water partition coefficient (Wildman–Crippen LogP) is 5.32. The van der Waals surface area contributed by atoms with Crippen molar-refractivity contribution in [3.05, 3.63) is 64.5 Å². The molecule has 1 aliphatic rings. The van der Waals surface area contributed by atoms with Crippen molar-refractivity contribution in [1.82, 2.24) is 15.0 Å². The van der Waals surface area contributed by atoms with Gasteiger partial charge in [-0.3, -0.25) is 9.69 Å². The fraction of sp³-hybridized carbons (Fsp3) is 0.407. The lowest BCUT2D eigenvalue weighted by Crippen LogP contribution is -2.40. The van der Waals surface area contributed by atoms with E-state index in [0.29, 0.717) is 30.5 Å². The second-order valence-corrected chi connectivity index (χ2v) is 10.5. The van der Waals surface area contributed by atoms with Crippen LogP contribution < -0.4 is 5.32 Å². The van der Waals surface area contributed by atoms with E-state index in [-0.39, 0.29) is 27.8 Å². The van der Waals surface area contributed by atoms with Crippen molar-refractivity contribution < 1.29 is 18.8 Å². The molecule has 3 aromatic rings. The maximum Gasteiger partial charge on any atom is 0.339 e. The monoisotopic (exact) mass is 510 g/mol. The lowest BCUT2D eigenvalue weighted by atomic mass is 9.87. The molecule has 0 saturated carbocycles. The van der Waals surface area contributed by atoms with Crippen LogP contribution in [0.15, 0.2) is 47.0 Å². The number of hydrogen-bond acceptors (Lipinski definition) is 7. The fourth-order valence-electron chi connectivity index (χ4n) is 4.27. The van der Waals surface area contributed by atoms with Crippen LogP contribution in [-0.4, -0.2) is 47.1 Å². The fourth-order valence-corrected chi connectivity index (χ4v) is 4.47. The van der Waals surface area contributed by atoms with Crippen molar-refractivity contribution in [2.45, 2.75) is 45.6 Å². The first-order valence-electron chi connectivity index (χ1n) is 12.0. The van der Waals surface area contributed by atoms with E-state index in [9.17, 15) is 9.59 Å². The Labute approximate surface area is 216 Å². The summed E-state index contributed by atoms with van der Waals surface area (Å²) in [6, 6.07) is 13.0. The molecule has 1 aliphatic heterocycles. The highest BCUT2D eigenvalue weighted by Gasteiger charge is 2.27. The Kier molecular flexibility index (Phi) is 7.76. The van der Waals surface area contributed by atoms with Crippen LogP contribution in [0.5, 0.6) is 0 Å². The summed E-state index contributed by atoms with van der Waals surface area (Å²) in [6.07, 6.45) is 1.65. The molecule has 1 atom stereocenters. The number of nitrogens with zero attached hydrogens (tertiary/aromatic N) is 3. The van der Waals surface area contributed by atoms with E-state index in [0.717, 1.165) is 24.9 Å². The number of anilines is 1. The largest absolute Gasteiger partial charge is 0.465 e. The van der Waals surface area contributed by atoms with E-state index in [2.05, 4.69) is 53.3 Å². The number of methoxy groups -OCH3 is 1. The van der Waals surface area contributed by atoms with Gasteiger partial charge in [0.25, 0.3) is 0 Å². The Balaban J connectivity index is 1.37. The van der Waals surface area contributed by atoms with Gasteiger partial charge in [-0.25, -0.2) is 4.79 Å². The minimum atomic E-state index is -0.552. The summed E-state index contributed by atoms with van der Waals surface area (Å²) in [5.41, 5.74) is 2.94. The zero-order chi connectivity index (χ0) is 25.9. The molecule has 0 aliphatic carbocycles. The molecule has 2 aromatic carbocycles. The molecule has 1 unspecified atom stereocenters. The van der Waals surface area contributed by atoms with Crippen LogP contribution in [0.4, 0.5) is 5.69 Å². The number of nitrogens with one attached hydrogen (secondary N) is 1. The molecule has 36 heavy (non-hydrogen) atoms. The van der Waals surface area contributed by atoms with Gasteiger partial charge in [0.2, 0.25) is 17.6 Å². The lowest BCUT2D eigenvalue weighted by molar-refractivity contribution is -0.121. The number of likely N-dealkylation sites (tertiary alicyclic amines) is 1. The van der Waals surface area contributed by atoms with Gasteiger partial charge in [-0.15, -0.1) is 0 Å². The van der Waals surface area contributed by atoms with Crippen LogP contribution in [0.25, 0.3) is 11.4 Å². The molecule has 1 saturated heterocycles. The van der Waals surface area contributed by atoms with Crippen LogP contribution in [0.2, 0.25) is 5.02 Å². The quantitative estimate of drug-likeness (QED) is 0.448. The molecule has 1 aromatic heterocycles. The number of hydrogen-bond donors (Lipinski definition) is 1. The number of ether oxygens (including phenoxy) is 1. The maximum absolute atomic E-state index is 12.9. The van der Waals surface area contributed by atoms with Crippen LogP contribution in [0.1, 0.15) is 55.4 Å². The van der Waals surface area contributed by atoms with Gasteiger partial charge in [0.1, 0.15) is 0 Å². The highest BCUT2D eigenvalue weighted by atomic mass is 35.5. The molecule has 1 N–H and O–H groups in total. The standard InChI is InChI=1S/C27H31ClN4O4/c1-27(2,3)19-9-7-17(8-10-19)24-30-23(36-31-24)16-32-13-5-6-18(15-32)25(33)29-20-11-12-22(28)21(14-20)26(34)35-4/h7-12,14,18H,5-6,13,15-16H2,1-4H3,(H,29,33). The van der Waals surface area contributed by atoms with E-state index < -0.39 is 5.97 Å². The number of rotatable bonds is 6. The summed E-state index contributed by atoms with van der Waals surface area (Å²) in [5.74, 6) is 0.211. The van der Waals surface area contributed by atoms with Crippen molar-refractivity contribution >= 4 is 29.2 Å². The second kappa shape index (κ2) is 10.8. The van der Waals surface area contributed by atoms with Crippen LogP contribution in [0, 0.1) is 5.92 Å². The summed E-state index contributed by atoms with van der Waals surface area (Å²) >= 11 is 6.08. The van der Waals surface area contributed by atoms with E-state index in [1.165, 1.54) is 18.7 Å². The van der Waals surface area contributed by atoms with Gasteiger partial charge in [0.15, 0.2) is 0 Å². The van der Waals surface area contributed by atoms with Gasteiger partial charge in [-0.1, -0.05) is 61.8 Å². The van der Waals surface area contributed by atoms with Crippen molar-refractivity contribution in [3.63, 3.8) is 0 Å². The molecular formula is C27H31ClN4O4. The molecule has 190 valence electrons. The summed E-state index contributed by atoms with van der Waals surface area (Å²) in [6.45, 7) is 8.42. The lowest BCUT2D eigenvalue weighted by Gasteiger charge is -2.30. The van der Waals surface area contributed by atoms with Crippen molar-refractivity contribution in [2.75, 3.05) is 25.5 Å². The van der Waals surface area contributed by atoms with Gasteiger partial charge in [0.05, 0.1) is 30.2 Å². The average Bonchev–Trinajstić information content (AvgIpc) is 3.33. The Morgan fingerprint density at radius 1 is 1.19 bits per heavy atom. The van der Waals surface area contributed by atoms with Gasteiger partial charge < -0.3 is 14.6 Å². The molecular weight excluding hydrogens is 480 g/mol. The Bertz CT molecular complexity index is 1230. The zero-order valence-corrected chi connectivity index (χ0v) is 21.8.